The van der Waals surface area contributed by atoms with Crippen molar-refractivity contribution in [3.8, 4) is 0 Å². The number of fused-ring (bicyclic) bond motifs is 2. The number of aromatic nitrogens is 4. The fraction of sp³-hybridized carbons (Fsp3) is 0.667. The van der Waals surface area contributed by atoms with Gasteiger partial charge in [-0.1, -0.05) is 0 Å². The number of imidazole rings is 1. The van der Waals surface area contributed by atoms with E-state index in [9.17, 15) is 9.67 Å². The lowest BCUT2D eigenvalue weighted by atomic mass is 9.96. The first kappa shape index (κ1) is 21.7. The van der Waals surface area contributed by atoms with Gasteiger partial charge in [0, 0.05) is 19.8 Å². The van der Waals surface area contributed by atoms with E-state index in [2.05, 4.69) is 33.0 Å². The van der Waals surface area contributed by atoms with Crippen LogP contribution in [0.2, 0.25) is 0 Å². The maximum Gasteiger partial charge on any atom is 0.475 e. The molecule has 2 aliphatic rings. The molecule has 0 aromatic carbocycles. The van der Waals surface area contributed by atoms with Crippen LogP contribution in [-0.2, 0) is 22.9 Å². The molecule has 2 fully saturated rings. The molecule has 0 spiro atoms. The number of nitrogens with two attached hydrogens (primary N) is 1. The fourth-order valence-corrected chi connectivity index (χ4v) is 5.23. The number of aliphatic hydroxyl groups is 1. The number of hydrazine groups is 1. The van der Waals surface area contributed by atoms with Gasteiger partial charge in [0.2, 0.25) is 5.95 Å². The summed E-state index contributed by atoms with van der Waals surface area (Å²) in [5.74, 6) is 0.824. The number of rotatable bonds is 6. The number of hydrogen-bond donors (Lipinski definition) is 4. The number of anilines is 2. The van der Waals surface area contributed by atoms with E-state index >= 15 is 0 Å². The molecule has 4 N–H and O–H groups in total. The summed E-state index contributed by atoms with van der Waals surface area (Å²) in [6.45, 7) is 1.53. The van der Waals surface area contributed by atoms with E-state index in [1.807, 2.05) is 0 Å². The highest BCUT2D eigenvalue weighted by Crippen LogP contribution is 2.58. The van der Waals surface area contributed by atoms with Gasteiger partial charge in [-0.05, 0) is 6.92 Å². The van der Waals surface area contributed by atoms with E-state index in [1.54, 1.807) is 23.7 Å². The van der Waals surface area contributed by atoms with Crippen molar-refractivity contribution in [2.24, 2.45) is 0 Å². The van der Waals surface area contributed by atoms with E-state index in [4.69, 9.17) is 24.0 Å². The van der Waals surface area contributed by atoms with E-state index in [1.165, 1.54) is 13.3 Å². The monoisotopic (exact) mass is 461 g/mol. The van der Waals surface area contributed by atoms with Crippen molar-refractivity contribution in [2.45, 2.75) is 31.0 Å². The number of phosphoric ester groups is 1. The second-order valence-electron chi connectivity index (χ2n) is 7.09. The normalized spacial score (nSPS) is 33.7. The first-order valence-electron chi connectivity index (χ1n) is 9.17. The first-order chi connectivity index (χ1) is 14.2. The lowest BCUT2D eigenvalue weighted by Crippen LogP contribution is -2.47. The Morgan fingerprint density at radius 1 is 1.57 bits per heavy atom. The van der Waals surface area contributed by atoms with Gasteiger partial charge < -0.3 is 15.6 Å². The number of thiol groups is 1. The maximum absolute atomic E-state index is 12.7. The molecule has 4 heterocycles. The van der Waals surface area contributed by atoms with Crippen molar-refractivity contribution in [1.82, 2.24) is 24.9 Å². The zero-order valence-corrected chi connectivity index (χ0v) is 18.4. The summed E-state index contributed by atoms with van der Waals surface area (Å²) in [6, 6.07) is 0. The summed E-state index contributed by atoms with van der Waals surface area (Å²) in [5.41, 5.74) is 8.03. The van der Waals surface area contributed by atoms with E-state index in [0.717, 1.165) is 0 Å². The molecule has 0 radical (unpaired) electrons. The summed E-state index contributed by atoms with van der Waals surface area (Å²) < 4.78 is 36.2. The van der Waals surface area contributed by atoms with Gasteiger partial charge >= 0.3 is 7.82 Å². The van der Waals surface area contributed by atoms with Crippen LogP contribution in [-0.4, -0.2) is 75.5 Å². The number of phosphoric acid groups is 1. The average Bonchev–Trinajstić information content (AvgIpc) is 3.23. The van der Waals surface area contributed by atoms with Crippen LogP contribution in [0.25, 0.3) is 11.2 Å². The molecule has 2 aromatic heterocycles. The highest BCUT2D eigenvalue weighted by molar-refractivity contribution is 7.80. The number of ether oxygens (including phenoxy) is 1. The smallest absolute Gasteiger partial charge is 0.383 e. The summed E-state index contributed by atoms with van der Waals surface area (Å²) in [5, 5.41) is 12.9. The van der Waals surface area contributed by atoms with Crippen LogP contribution in [0.4, 0.5) is 11.8 Å². The predicted molar refractivity (Wildman–Crippen MR) is 110 cm³/mol. The Balaban J connectivity index is 1.70. The van der Waals surface area contributed by atoms with Gasteiger partial charge in [0.1, 0.15) is 17.8 Å². The number of hydrogen-bond acceptors (Lipinski definition) is 13. The van der Waals surface area contributed by atoms with E-state index < -0.39 is 31.9 Å². The zero-order valence-electron chi connectivity index (χ0n) is 16.6. The van der Waals surface area contributed by atoms with Crippen molar-refractivity contribution in [2.75, 3.05) is 43.8 Å². The molecule has 2 saturated heterocycles. The minimum atomic E-state index is -3.84. The SMILES string of the molecule is CNN(C)c1nc(N)nc2c1ncn2[C@@H]1O[C@@H]2COP(=O)(OCCS)OC2[C@]1(C)O. The molecule has 0 amide bonds. The minimum Gasteiger partial charge on any atom is -0.383 e. The standard InChI is InChI=1S/C15H24N7O6PS/c1-15(23)10-8(6-26-29(24,28-10)25-4-5-30)27-13(15)22-7-18-9-11(21(3)17-2)19-14(16)20-12(9)22/h7-8,10,13,17,23,30H,4-6H2,1-3H3,(H2,16,19,20)/t8-,10?,13-,15+,29?/m1/s1. The number of nitrogen functional groups attached to an aromatic ring is 1. The molecule has 2 aliphatic heterocycles. The third-order valence-corrected chi connectivity index (χ3v) is 6.66. The maximum atomic E-state index is 12.7. The quantitative estimate of drug-likeness (QED) is 0.261. The Morgan fingerprint density at radius 2 is 2.33 bits per heavy atom. The van der Waals surface area contributed by atoms with E-state index in [-0.39, 0.29) is 19.2 Å². The Labute approximate surface area is 177 Å². The lowest BCUT2D eigenvalue weighted by Gasteiger charge is -2.34. The molecular formula is C15H24N7O6PS. The van der Waals surface area contributed by atoms with Crippen LogP contribution in [0.3, 0.4) is 0 Å². The van der Waals surface area contributed by atoms with Crippen LogP contribution in [0, 0.1) is 0 Å². The van der Waals surface area contributed by atoms with Gasteiger partial charge in [-0.2, -0.15) is 22.6 Å². The van der Waals surface area contributed by atoms with Crippen LogP contribution < -0.4 is 16.2 Å². The molecule has 0 bridgehead atoms. The Morgan fingerprint density at radius 3 is 3.03 bits per heavy atom. The van der Waals surface area contributed by atoms with Crippen LogP contribution in [0.15, 0.2) is 6.33 Å². The number of nitrogens with zero attached hydrogens (tertiary/aromatic N) is 5. The Kier molecular flexibility index (Phi) is 5.70. The molecule has 30 heavy (non-hydrogen) atoms. The van der Waals surface area contributed by atoms with Gasteiger partial charge in [0.15, 0.2) is 23.2 Å². The number of nitrogens with one attached hydrogen (secondary N) is 1. The molecule has 2 unspecified atom stereocenters. The molecule has 2 aromatic rings. The minimum absolute atomic E-state index is 0.0284. The van der Waals surface area contributed by atoms with Crippen LogP contribution >= 0.6 is 20.5 Å². The highest BCUT2D eigenvalue weighted by Gasteiger charge is 2.60. The Bertz CT molecular complexity index is 990. The fourth-order valence-electron chi connectivity index (χ4n) is 3.52. The van der Waals surface area contributed by atoms with Gasteiger partial charge in [0.25, 0.3) is 0 Å². The van der Waals surface area contributed by atoms with Gasteiger partial charge in [-0.15, -0.1) is 0 Å². The summed E-state index contributed by atoms with van der Waals surface area (Å²) in [6.07, 6.45) is -1.12. The molecule has 15 heteroatoms. The Hall–Kier alpha value is -1.51. The first-order valence-corrected chi connectivity index (χ1v) is 11.3. The average molecular weight is 461 g/mol. The second kappa shape index (κ2) is 7.88. The molecular weight excluding hydrogens is 437 g/mol. The third-order valence-electron chi connectivity index (χ3n) is 5.02. The molecule has 5 atom stereocenters. The van der Waals surface area contributed by atoms with Crippen molar-refractivity contribution in [3.05, 3.63) is 6.33 Å². The molecule has 13 nitrogen and oxygen atoms in total. The van der Waals surface area contributed by atoms with Crippen LogP contribution in [0.1, 0.15) is 13.2 Å². The largest absolute Gasteiger partial charge is 0.475 e. The van der Waals surface area contributed by atoms with Crippen molar-refractivity contribution < 1.29 is 28.0 Å². The second-order valence-corrected chi connectivity index (χ2v) is 9.16. The highest BCUT2D eigenvalue weighted by atomic mass is 32.1. The predicted octanol–water partition coefficient (Wildman–Crippen LogP) is 0.0974. The topological polar surface area (TPSA) is 159 Å². The third kappa shape index (κ3) is 3.56. The van der Waals surface area contributed by atoms with Gasteiger partial charge in [-0.3, -0.25) is 23.1 Å². The summed E-state index contributed by atoms with van der Waals surface area (Å²) in [7, 11) is -0.360. The van der Waals surface area contributed by atoms with Gasteiger partial charge in [0.05, 0.1) is 19.5 Å². The molecule has 0 aliphatic carbocycles. The van der Waals surface area contributed by atoms with Gasteiger partial charge in [-0.25, -0.2) is 15.0 Å². The molecule has 166 valence electrons. The van der Waals surface area contributed by atoms with Crippen molar-refractivity contribution in [1.29, 1.82) is 0 Å². The molecule has 0 saturated carbocycles. The van der Waals surface area contributed by atoms with Crippen molar-refractivity contribution >= 4 is 43.4 Å². The van der Waals surface area contributed by atoms with Crippen molar-refractivity contribution in [3.63, 3.8) is 0 Å². The molecule has 4 rings (SSSR count). The van der Waals surface area contributed by atoms with Crippen LogP contribution in [0.5, 0.6) is 0 Å². The van der Waals surface area contributed by atoms with E-state index in [0.29, 0.717) is 22.7 Å². The summed E-state index contributed by atoms with van der Waals surface area (Å²) >= 11 is 4.02. The lowest BCUT2D eigenvalue weighted by molar-refractivity contribution is -0.0907. The summed E-state index contributed by atoms with van der Waals surface area (Å²) in [4.78, 5) is 12.9. The zero-order chi connectivity index (χ0) is 21.7.